The van der Waals surface area contributed by atoms with Crippen LogP contribution < -0.4 is 9.47 Å². The highest BCUT2D eigenvalue weighted by atomic mass is 16.6. The Labute approximate surface area is 119 Å². The van der Waals surface area contributed by atoms with Gasteiger partial charge in [0.25, 0.3) is 0 Å². The van der Waals surface area contributed by atoms with Gasteiger partial charge in [0.1, 0.15) is 5.60 Å². The molecule has 1 saturated carbocycles. The van der Waals surface area contributed by atoms with Gasteiger partial charge < -0.3 is 14.2 Å². The minimum atomic E-state index is -0.541. The number of methoxy groups -OCH3 is 1. The van der Waals surface area contributed by atoms with Crippen molar-refractivity contribution in [2.24, 2.45) is 0 Å². The third-order valence-electron chi connectivity index (χ3n) is 4.27. The number of carbonyl (C=O) groups is 1. The molecule has 0 radical (unpaired) electrons. The van der Waals surface area contributed by atoms with Crippen LogP contribution in [0.2, 0.25) is 0 Å². The third-order valence-corrected chi connectivity index (χ3v) is 4.27. The molecule has 4 nitrogen and oxygen atoms in total. The summed E-state index contributed by atoms with van der Waals surface area (Å²) in [7, 11) is 1.64. The van der Waals surface area contributed by atoms with Gasteiger partial charge in [-0.2, -0.15) is 0 Å². The molecule has 4 heteroatoms. The van der Waals surface area contributed by atoms with Crippen LogP contribution in [0.15, 0.2) is 18.2 Å². The zero-order valence-electron chi connectivity index (χ0n) is 12.0. The van der Waals surface area contributed by atoms with Gasteiger partial charge in [0.05, 0.1) is 13.2 Å². The van der Waals surface area contributed by atoms with Crippen molar-refractivity contribution < 1.29 is 19.0 Å². The summed E-state index contributed by atoms with van der Waals surface area (Å²) in [5.41, 5.74) is 0.430. The first kappa shape index (κ1) is 13.3. The SMILES string of the molecule is COc1ccc([C@@]2(C)CCC(=O)O2)cc1OC1CCC1. The minimum absolute atomic E-state index is 0.134. The molecule has 2 fully saturated rings. The normalized spacial score (nSPS) is 26.0. The number of hydrogen-bond donors (Lipinski definition) is 0. The van der Waals surface area contributed by atoms with Crippen molar-refractivity contribution in [3.8, 4) is 11.5 Å². The number of cyclic esters (lactones) is 1. The van der Waals surface area contributed by atoms with Crippen LogP contribution in [0.3, 0.4) is 0 Å². The van der Waals surface area contributed by atoms with Crippen molar-refractivity contribution in [3.05, 3.63) is 23.8 Å². The summed E-state index contributed by atoms with van der Waals surface area (Å²) in [5, 5.41) is 0. The summed E-state index contributed by atoms with van der Waals surface area (Å²) in [6.45, 7) is 1.95. The van der Waals surface area contributed by atoms with Crippen molar-refractivity contribution >= 4 is 5.97 Å². The average Bonchev–Trinajstić information content (AvgIpc) is 2.75. The largest absolute Gasteiger partial charge is 0.493 e. The zero-order valence-corrected chi connectivity index (χ0v) is 12.0. The van der Waals surface area contributed by atoms with Crippen LogP contribution in [0.5, 0.6) is 11.5 Å². The van der Waals surface area contributed by atoms with Crippen molar-refractivity contribution in [1.82, 2.24) is 0 Å². The van der Waals surface area contributed by atoms with E-state index in [9.17, 15) is 4.79 Å². The maximum absolute atomic E-state index is 11.4. The Morgan fingerprint density at radius 3 is 2.65 bits per heavy atom. The summed E-state index contributed by atoms with van der Waals surface area (Å²) in [4.78, 5) is 11.4. The van der Waals surface area contributed by atoms with Gasteiger partial charge in [-0.3, -0.25) is 4.79 Å². The highest BCUT2D eigenvalue weighted by Gasteiger charge is 2.38. The molecule has 0 amide bonds. The molecule has 20 heavy (non-hydrogen) atoms. The highest BCUT2D eigenvalue weighted by Crippen LogP contribution is 2.41. The number of hydrogen-bond acceptors (Lipinski definition) is 4. The van der Waals surface area contributed by atoms with E-state index in [0.29, 0.717) is 12.8 Å². The monoisotopic (exact) mass is 276 g/mol. The predicted octanol–water partition coefficient (Wildman–Crippen LogP) is 3.18. The summed E-state index contributed by atoms with van der Waals surface area (Å²) in [6.07, 6.45) is 4.89. The molecule has 1 aliphatic carbocycles. The molecule has 0 N–H and O–H groups in total. The number of esters is 1. The second kappa shape index (κ2) is 5.00. The molecule has 0 bridgehead atoms. The van der Waals surface area contributed by atoms with Crippen molar-refractivity contribution in [1.29, 1.82) is 0 Å². The molecule has 108 valence electrons. The average molecular weight is 276 g/mol. The number of benzene rings is 1. The first-order valence-corrected chi connectivity index (χ1v) is 7.18. The first-order valence-electron chi connectivity index (χ1n) is 7.18. The van der Waals surface area contributed by atoms with Crippen LogP contribution in [0.25, 0.3) is 0 Å². The third kappa shape index (κ3) is 2.35. The molecule has 2 aliphatic rings. The molecule has 1 aromatic carbocycles. The molecule has 1 saturated heterocycles. The lowest BCUT2D eigenvalue weighted by Gasteiger charge is -2.29. The Kier molecular flexibility index (Phi) is 3.32. The number of ether oxygens (including phenoxy) is 3. The van der Waals surface area contributed by atoms with Gasteiger partial charge in [0.15, 0.2) is 11.5 Å². The quantitative estimate of drug-likeness (QED) is 0.792. The van der Waals surface area contributed by atoms with Gasteiger partial charge >= 0.3 is 5.97 Å². The molecular formula is C16H20O4. The van der Waals surface area contributed by atoms with Crippen LogP contribution in [-0.4, -0.2) is 19.2 Å². The van der Waals surface area contributed by atoms with Gasteiger partial charge in [-0.25, -0.2) is 0 Å². The Morgan fingerprint density at radius 1 is 1.30 bits per heavy atom. The second-order valence-corrected chi connectivity index (χ2v) is 5.74. The maximum Gasteiger partial charge on any atom is 0.306 e. The Balaban J connectivity index is 1.88. The van der Waals surface area contributed by atoms with Gasteiger partial charge in [-0.1, -0.05) is 6.07 Å². The van der Waals surface area contributed by atoms with Crippen LogP contribution in [-0.2, 0) is 15.1 Å². The minimum Gasteiger partial charge on any atom is -0.493 e. The molecule has 0 spiro atoms. The fourth-order valence-corrected chi connectivity index (χ4v) is 2.66. The predicted molar refractivity (Wildman–Crippen MR) is 73.9 cm³/mol. The van der Waals surface area contributed by atoms with E-state index in [2.05, 4.69) is 0 Å². The summed E-state index contributed by atoms with van der Waals surface area (Å²) in [6, 6.07) is 5.79. The van der Waals surface area contributed by atoms with Crippen LogP contribution in [0.4, 0.5) is 0 Å². The van der Waals surface area contributed by atoms with Crippen LogP contribution in [0, 0.1) is 0 Å². The van der Waals surface area contributed by atoms with E-state index in [4.69, 9.17) is 14.2 Å². The molecule has 3 rings (SSSR count). The van der Waals surface area contributed by atoms with Gasteiger partial charge in [0.2, 0.25) is 0 Å². The van der Waals surface area contributed by atoms with Crippen molar-refractivity contribution in [3.63, 3.8) is 0 Å². The Hall–Kier alpha value is -1.71. The van der Waals surface area contributed by atoms with E-state index in [0.717, 1.165) is 29.9 Å². The van der Waals surface area contributed by atoms with E-state index in [1.165, 1.54) is 6.42 Å². The lowest BCUT2D eigenvalue weighted by molar-refractivity contribution is -0.147. The van der Waals surface area contributed by atoms with Crippen LogP contribution in [0.1, 0.15) is 44.6 Å². The summed E-state index contributed by atoms with van der Waals surface area (Å²) < 4.78 is 16.8. The zero-order chi connectivity index (χ0) is 14.2. The second-order valence-electron chi connectivity index (χ2n) is 5.74. The van der Waals surface area contributed by atoms with E-state index in [1.54, 1.807) is 7.11 Å². The van der Waals surface area contributed by atoms with E-state index >= 15 is 0 Å². The van der Waals surface area contributed by atoms with Crippen molar-refractivity contribution in [2.45, 2.75) is 50.7 Å². The number of rotatable bonds is 4. The molecular weight excluding hydrogens is 256 g/mol. The molecule has 1 heterocycles. The van der Waals surface area contributed by atoms with Gasteiger partial charge in [0, 0.05) is 12.8 Å². The smallest absolute Gasteiger partial charge is 0.306 e. The topological polar surface area (TPSA) is 44.8 Å². The molecule has 1 aromatic rings. The van der Waals surface area contributed by atoms with E-state index in [-0.39, 0.29) is 12.1 Å². The summed E-state index contributed by atoms with van der Waals surface area (Å²) in [5.74, 6) is 1.34. The number of carbonyl (C=O) groups excluding carboxylic acids is 1. The summed E-state index contributed by atoms with van der Waals surface area (Å²) >= 11 is 0. The fourth-order valence-electron chi connectivity index (χ4n) is 2.66. The van der Waals surface area contributed by atoms with Gasteiger partial charge in [-0.05, 0) is 43.9 Å². The Morgan fingerprint density at radius 2 is 2.10 bits per heavy atom. The van der Waals surface area contributed by atoms with Gasteiger partial charge in [-0.15, -0.1) is 0 Å². The maximum atomic E-state index is 11.4. The molecule has 0 unspecified atom stereocenters. The first-order chi connectivity index (χ1) is 9.60. The lowest BCUT2D eigenvalue weighted by atomic mass is 9.92. The van der Waals surface area contributed by atoms with Crippen LogP contribution >= 0.6 is 0 Å². The standard InChI is InChI=1S/C16H20O4/c1-16(9-8-15(17)20-16)11-6-7-13(18-2)14(10-11)19-12-4-3-5-12/h6-7,10,12H,3-5,8-9H2,1-2H3/t16-/m1/s1. The van der Waals surface area contributed by atoms with E-state index in [1.807, 2.05) is 25.1 Å². The fraction of sp³-hybridized carbons (Fsp3) is 0.562. The molecule has 0 aromatic heterocycles. The molecule has 1 atom stereocenters. The van der Waals surface area contributed by atoms with Crippen molar-refractivity contribution in [2.75, 3.05) is 7.11 Å². The highest BCUT2D eigenvalue weighted by molar-refractivity contribution is 5.72. The lowest BCUT2D eigenvalue weighted by Crippen LogP contribution is -2.25. The van der Waals surface area contributed by atoms with E-state index < -0.39 is 5.60 Å². The molecule has 1 aliphatic heterocycles. The Bertz CT molecular complexity index is 521.